The highest BCUT2D eigenvalue weighted by Gasteiger charge is 2.27. The first-order chi connectivity index (χ1) is 12.6. The van der Waals surface area contributed by atoms with Gasteiger partial charge < -0.3 is 37.4 Å². The maximum atomic E-state index is 12.2. The number of unbranched alkanes of at least 4 members (excludes halogenated alkanes) is 1. The maximum absolute atomic E-state index is 12.2. The van der Waals surface area contributed by atoms with Crippen LogP contribution in [-0.2, 0) is 14.4 Å². The molecular weight excluding hydrogens is 364 g/mol. The van der Waals surface area contributed by atoms with E-state index in [1.807, 2.05) is 10.7 Å². The van der Waals surface area contributed by atoms with Gasteiger partial charge in [0.05, 0.1) is 12.7 Å². The molecule has 156 valence electrons. The van der Waals surface area contributed by atoms with Crippen LogP contribution in [0.25, 0.3) is 0 Å². The Morgan fingerprint density at radius 1 is 1.04 bits per heavy atom. The van der Waals surface area contributed by atoms with Gasteiger partial charge in [0.1, 0.15) is 12.1 Å². The number of carboxylic acids is 1. The number of carboxylic acid groups (broad SMARTS) is 1. The van der Waals surface area contributed by atoms with E-state index < -0.39 is 54.7 Å². The minimum Gasteiger partial charge on any atom is -0.480 e. The average Bonchev–Trinajstić information content (AvgIpc) is 2.61. The van der Waals surface area contributed by atoms with Gasteiger partial charge in [-0.3, -0.25) is 20.4 Å². The van der Waals surface area contributed by atoms with E-state index in [9.17, 15) is 24.3 Å². The fourth-order valence-electron chi connectivity index (χ4n) is 1.88. The van der Waals surface area contributed by atoms with Crippen LogP contribution in [-0.4, -0.2) is 76.5 Å². The molecule has 0 aliphatic rings. The monoisotopic (exact) mass is 392 g/mol. The number of rotatable bonds is 11. The third kappa shape index (κ3) is 9.69. The molecule has 0 heterocycles. The van der Waals surface area contributed by atoms with Crippen molar-refractivity contribution in [3.63, 3.8) is 0 Å². The average molecular weight is 392 g/mol. The largest absolute Gasteiger partial charge is 0.480 e. The summed E-state index contributed by atoms with van der Waals surface area (Å²) in [5, 5.41) is 31.4. The van der Waals surface area contributed by atoms with Crippen LogP contribution < -0.4 is 33.0 Å². The van der Waals surface area contributed by atoms with Gasteiger partial charge in [0.15, 0.2) is 6.04 Å². The van der Waals surface area contributed by atoms with E-state index in [1.54, 1.807) is 0 Å². The lowest BCUT2D eigenvalue weighted by molar-refractivity contribution is -0.141. The van der Waals surface area contributed by atoms with Crippen molar-refractivity contribution in [2.45, 2.75) is 50.4 Å². The second kappa shape index (κ2) is 12.8. The molecule has 2 unspecified atom stereocenters. The van der Waals surface area contributed by atoms with Crippen molar-refractivity contribution < 1.29 is 34.5 Å². The molecule has 0 aliphatic carbocycles. The molecule has 0 spiro atoms. The van der Waals surface area contributed by atoms with E-state index in [1.165, 1.54) is 6.92 Å². The minimum absolute atomic E-state index is 0.158. The second-order valence-corrected chi connectivity index (χ2v) is 5.78. The van der Waals surface area contributed by atoms with Crippen LogP contribution in [0.5, 0.6) is 0 Å². The Balaban J connectivity index is 4.86. The molecule has 0 fully saturated rings. The fraction of sp³-hybridized carbons (Fsp3) is 0.714. The predicted octanol–water partition coefficient (Wildman–Crippen LogP) is -3.92. The molecule has 0 saturated heterocycles. The number of aliphatic hydroxyl groups excluding tert-OH is 2. The Labute approximate surface area is 155 Å². The van der Waals surface area contributed by atoms with Crippen LogP contribution in [0.2, 0.25) is 0 Å². The van der Waals surface area contributed by atoms with E-state index in [0.717, 1.165) is 0 Å². The lowest BCUT2D eigenvalue weighted by atomic mass is 10.1. The van der Waals surface area contributed by atoms with Gasteiger partial charge >= 0.3 is 12.0 Å². The van der Waals surface area contributed by atoms with Gasteiger partial charge in [-0.1, -0.05) is 0 Å². The molecule has 0 aromatic heterocycles. The third-order valence-electron chi connectivity index (χ3n) is 3.45. The molecule has 0 radical (unpaired) electrons. The van der Waals surface area contributed by atoms with E-state index in [0.29, 0.717) is 19.4 Å². The molecule has 0 aliphatic heterocycles. The van der Waals surface area contributed by atoms with Gasteiger partial charge in [0, 0.05) is 0 Å². The number of urea groups is 1. The molecule has 0 saturated carbocycles. The quantitative estimate of drug-likeness (QED) is 0.123. The Kier molecular flexibility index (Phi) is 11.6. The zero-order chi connectivity index (χ0) is 21.0. The van der Waals surface area contributed by atoms with Crippen molar-refractivity contribution in [3.8, 4) is 0 Å². The van der Waals surface area contributed by atoms with Crippen molar-refractivity contribution >= 4 is 23.8 Å². The molecule has 0 rings (SSSR count). The normalized spacial score (nSPS) is 15.0. The highest BCUT2D eigenvalue weighted by molar-refractivity contribution is 5.90. The van der Waals surface area contributed by atoms with Crippen LogP contribution in [0, 0.1) is 0 Å². The topological polar surface area (TPSA) is 229 Å². The van der Waals surface area contributed by atoms with Crippen LogP contribution in [0.15, 0.2) is 0 Å². The van der Waals surface area contributed by atoms with Gasteiger partial charge in [-0.25, -0.2) is 9.59 Å². The summed E-state index contributed by atoms with van der Waals surface area (Å²) in [6, 6.07) is -4.92. The van der Waals surface area contributed by atoms with Gasteiger partial charge in [0.25, 0.3) is 11.8 Å². The SMILES string of the molecule is CC(O)C(NC(=O)N[C@@H](CCCCN)C(=O)NNC(=O)[C@@H](N)CO)C(=O)O. The number of amides is 4. The number of hydrazine groups is 1. The summed E-state index contributed by atoms with van der Waals surface area (Å²) in [4.78, 5) is 46.6. The summed E-state index contributed by atoms with van der Waals surface area (Å²) in [6.07, 6.45) is -0.167. The summed E-state index contributed by atoms with van der Waals surface area (Å²) in [5.41, 5.74) is 14.7. The summed E-state index contributed by atoms with van der Waals surface area (Å²) < 4.78 is 0. The summed E-state index contributed by atoms with van der Waals surface area (Å²) in [7, 11) is 0. The van der Waals surface area contributed by atoms with Crippen LogP contribution >= 0.6 is 0 Å². The Bertz CT molecular complexity index is 516. The molecule has 13 nitrogen and oxygen atoms in total. The predicted molar refractivity (Wildman–Crippen MR) is 92.8 cm³/mol. The first-order valence-corrected chi connectivity index (χ1v) is 8.28. The first-order valence-electron chi connectivity index (χ1n) is 8.28. The minimum atomic E-state index is -1.57. The van der Waals surface area contributed by atoms with Crippen LogP contribution in [0.1, 0.15) is 26.2 Å². The van der Waals surface area contributed by atoms with E-state index >= 15 is 0 Å². The lowest BCUT2D eigenvalue weighted by Gasteiger charge is -2.22. The Morgan fingerprint density at radius 2 is 1.63 bits per heavy atom. The van der Waals surface area contributed by atoms with Crippen molar-refractivity contribution in [3.05, 3.63) is 0 Å². The van der Waals surface area contributed by atoms with Crippen molar-refractivity contribution in [1.82, 2.24) is 21.5 Å². The number of carbonyl (C=O) groups is 4. The zero-order valence-corrected chi connectivity index (χ0v) is 15.0. The van der Waals surface area contributed by atoms with E-state index in [-0.39, 0.29) is 6.42 Å². The number of nitrogens with two attached hydrogens (primary N) is 2. The Hall–Kier alpha value is -2.48. The molecular formula is C14H28N6O7. The number of aliphatic hydroxyl groups is 2. The zero-order valence-electron chi connectivity index (χ0n) is 15.0. The lowest BCUT2D eigenvalue weighted by Crippen LogP contribution is -2.58. The number of carbonyl (C=O) groups excluding carboxylic acids is 3. The molecule has 13 heteroatoms. The number of hydrogen-bond acceptors (Lipinski definition) is 8. The molecule has 11 N–H and O–H groups in total. The highest BCUT2D eigenvalue weighted by atomic mass is 16.4. The fourth-order valence-corrected chi connectivity index (χ4v) is 1.88. The maximum Gasteiger partial charge on any atom is 0.328 e. The van der Waals surface area contributed by atoms with Gasteiger partial charge in [-0.2, -0.15) is 0 Å². The van der Waals surface area contributed by atoms with Gasteiger partial charge in [0.2, 0.25) is 0 Å². The van der Waals surface area contributed by atoms with Crippen molar-refractivity contribution in [2.24, 2.45) is 11.5 Å². The van der Waals surface area contributed by atoms with Crippen molar-refractivity contribution in [1.29, 1.82) is 0 Å². The Morgan fingerprint density at radius 3 is 2.11 bits per heavy atom. The third-order valence-corrected chi connectivity index (χ3v) is 3.45. The second-order valence-electron chi connectivity index (χ2n) is 5.78. The smallest absolute Gasteiger partial charge is 0.328 e. The van der Waals surface area contributed by atoms with Crippen LogP contribution in [0.4, 0.5) is 4.79 Å². The molecule has 0 aromatic carbocycles. The molecule has 27 heavy (non-hydrogen) atoms. The molecule has 4 atom stereocenters. The summed E-state index contributed by atoms with van der Waals surface area (Å²) >= 11 is 0. The van der Waals surface area contributed by atoms with E-state index in [2.05, 4.69) is 10.7 Å². The van der Waals surface area contributed by atoms with Gasteiger partial charge in [-0.15, -0.1) is 0 Å². The van der Waals surface area contributed by atoms with Gasteiger partial charge in [-0.05, 0) is 32.7 Å². The van der Waals surface area contributed by atoms with Crippen LogP contribution in [0.3, 0.4) is 0 Å². The standard InChI is InChI=1S/C14H28N6O7/c1-7(22)10(13(25)26)18-14(27)17-9(4-2-3-5-15)12(24)20-19-11(23)8(16)6-21/h7-10,21-22H,2-6,15-16H2,1H3,(H,19,23)(H,20,24)(H,25,26)(H2,17,18,27)/t7?,8-,9-,10?/m0/s1. The number of nitrogens with one attached hydrogen (secondary N) is 4. The molecule has 0 aromatic rings. The number of aliphatic carboxylic acids is 1. The number of hydrogen-bond donors (Lipinski definition) is 9. The summed E-state index contributed by atoms with van der Waals surface area (Å²) in [5.74, 6) is -3.07. The van der Waals surface area contributed by atoms with Crippen molar-refractivity contribution in [2.75, 3.05) is 13.2 Å². The summed E-state index contributed by atoms with van der Waals surface area (Å²) in [6.45, 7) is 0.925. The first kappa shape index (κ1) is 24.5. The molecule has 4 amide bonds. The molecule has 0 bridgehead atoms. The van der Waals surface area contributed by atoms with E-state index in [4.69, 9.17) is 21.7 Å². The highest BCUT2D eigenvalue weighted by Crippen LogP contribution is 2.01.